The molecule has 4 rings (SSSR count). The molecule has 3 heterocycles. The summed E-state index contributed by atoms with van der Waals surface area (Å²) in [6.45, 7) is 7.63. The van der Waals surface area contributed by atoms with Crippen LogP contribution in [-0.4, -0.2) is 52.2 Å². The number of rotatable bonds is 6. The van der Waals surface area contributed by atoms with E-state index in [-0.39, 0.29) is 12.3 Å². The van der Waals surface area contributed by atoms with Crippen molar-refractivity contribution in [2.24, 2.45) is 5.73 Å². The molecular weight excluding hydrogens is 445 g/mol. The second kappa shape index (κ2) is 11.1. The van der Waals surface area contributed by atoms with Crippen LogP contribution in [0.5, 0.6) is 0 Å². The molecule has 0 atom stereocenters. The second-order valence-corrected chi connectivity index (χ2v) is 7.77. The van der Waals surface area contributed by atoms with Gasteiger partial charge in [-0.1, -0.05) is 38.1 Å². The lowest BCUT2D eigenvalue weighted by Gasteiger charge is -2.36. The Morgan fingerprint density at radius 2 is 1.71 bits per heavy atom. The van der Waals surface area contributed by atoms with E-state index in [1.807, 2.05) is 43.0 Å². The monoisotopic (exact) mass is 474 g/mol. The third-order valence-electron chi connectivity index (χ3n) is 5.51. The van der Waals surface area contributed by atoms with Crippen molar-refractivity contribution in [2.45, 2.75) is 33.0 Å². The molecule has 0 spiro atoms. The topological polar surface area (TPSA) is 91.1 Å². The molecule has 1 aliphatic heterocycles. The lowest BCUT2D eigenvalue weighted by molar-refractivity contribution is -0.141. The molecule has 0 unspecified atom stereocenters. The summed E-state index contributed by atoms with van der Waals surface area (Å²) in [6.07, 6.45) is -1.14. The number of piperazine rings is 1. The van der Waals surface area contributed by atoms with Gasteiger partial charge in [-0.15, -0.1) is 0 Å². The molecule has 34 heavy (non-hydrogen) atoms. The maximum absolute atomic E-state index is 12.7. The molecule has 1 saturated heterocycles. The van der Waals surface area contributed by atoms with Gasteiger partial charge in [0.1, 0.15) is 5.69 Å². The van der Waals surface area contributed by atoms with Crippen molar-refractivity contribution in [3.63, 3.8) is 0 Å². The molecule has 0 saturated carbocycles. The molecule has 182 valence electrons. The highest BCUT2D eigenvalue weighted by atomic mass is 19.4. The number of amides is 1. The van der Waals surface area contributed by atoms with Gasteiger partial charge in [0, 0.05) is 38.3 Å². The zero-order chi connectivity index (χ0) is 24.7. The van der Waals surface area contributed by atoms with Crippen LogP contribution in [0.4, 0.5) is 18.9 Å². The molecule has 2 aromatic heterocycles. The minimum atomic E-state index is -4.43. The number of halogens is 3. The molecule has 0 aliphatic carbocycles. The van der Waals surface area contributed by atoms with Crippen molar-refractivity contribution < 1.29 is 18.0 Å². The van der Waals surface area contributed by atoms with E-state index in [9.17, 15) is 18.0 Å². The number of carbonyl (C=O) groups is 1. The van der Waals surface area contributed by atoms with E-state index in [4.69, 9.17) is 5.73 Å². The average Bonchev–Trinajstić information content (AvgIpc) is 3.29. The van der Waals surface area contributed by atoms with Gasteiger partial charge in [-0.25, -0.2) is 4.98 Å². The third-order valence-corrected chi connectivity index (χ3v) is 5.51. The van der Waals surface area contributed by atoms with Crippen molar-refractivity contribution in [1.82, 2.24) is 20.1 Å². The Hall–Kier alpha value is -3.40. The Morgan fingerprint density at radius 1 is 1.03 bits per heavy atom. The van der Waals surface area contributed by atoms with Crippen molar-refractivity contribution in [3.05, 3.63) is 65.6 Å². The van der Waals surface area contributed by atoms with E-state index in [0.717, 1.165) is 41.5 Å². The summed E-state index contributed by atoms with van der Waals surface area (Å²) in [5, 5.41) is 7.23. The normalized spacial score (nSPS) is 14.4. The summed E-state index contributed by atoms with van der Waals surface area (Å²) in [6, 6.07) is 10.1. The van der Waals surface area contributed by atoms with Crippen molar-refractivity contribution in [3.8, 4) is 11.3 Å². The number of carbonyl (C=O) groups excluding carboxylic acids is 1. The first-order valence-corrected chi connectivity index (χ1v) is 11.2. The van der Waals surface area contributed by atoms with Gasteiger partial charge in [-0.05, 0) is 23.3 Å². The maximum atomic E-state index is 12.7. The van der Waals surface area contributed by atoms with Crippen LogP contribution in [0.15, 0.2) is 48.8 Å². The molecule has 1 aromatic carbocycles. The highest BCUT2D eigenvalue weighted by Gasteiger charge is 2.32. The van der Waals surface area contributed by atoms with Gasteiger partial charge in [-0.2, -0.15) is 18.3 Å². The number of hydrogen-bond acceptors (Lipinski definition) is 5. The van der Waals surface area contributed by atoms with Crippen molar-refractivity contribution in [1.29, 1.82) is 0 Å². The van der Waals surface area contributed by atoms with Crippen LogP contribution in [-0.2, 0) is 23.9 Å². The standard InChI is InChI=1S/C22H23F3N6O.C2H6/c23-22(24,25)19-6-5-18(13-27-19)31-9-7-30(8-10-31)14-17-12-28-29-21(17)16-3-1-15(2-4-16)11-20(26)32;1-2/h1-6,12-13H,7-11,14H2,(H2,26,32)(H,28,29);1-2H3. The molecule has 3 N–H and O–H groups in total. The molecule has 1 aliphatic rings. The molecule has 1 fully saturated rings. The van der Waals surface area contributed by atoms with Crippen LogP contribution in [0, 0.1) is 0 Å². The number of alkyl halides is 3. The number of anilines is 1. The van der Waals surface area contributed by atoms with Crippen LogP contribution in [0.25, 0.3) is 11.3 Å². The van der Waals surface area contributed by atoms with Crippen molar-refractivity contribution in [2.75, 3.05) is 31.1 Å². The fourth-order valence-corrected chi connectivity index (χ4v) is 3.82. The van der Waals surface area contributed by atoms with Gasteiger partial charge in [0.25, 0.3) is 0 Å². The minimum Gasteiger partial charge on any atom is -0.369 e. The van der Waals surface area contributed by atoms with Crippen LogP contribution in [0.2, 0.25) is 0 Å². The van der Waals surface area contributed by atoms with E-state index >= 15 is 0 Å². The summed E-state index contributed by atoms with van der Waals surface area (Å²) in [4.78, 5) is 18.9. The Kier molecular flexibility index (Phi) is 8.27. The summed E-state index contributed by atoms with van der Waals surface area (Å²) < 4.78 is 38.1. The molecule has 3 aromatic rings. The second-order valence-electron chi connectivity index (χ2n) is 7.77. The summed E-state index contributed by atoms with van der Waals surface area (Å²) >= 11 is 0. The van der Waals surface area contributed by atoms with Gasteiger partial charge < -0.3 is 10.6 Å². The predicted octanol–water partition coefficient (Wildman–Crippen LogP) is 3.87. The fourth-order valence-electron chi connectivity index (χ4n) is 3.82. The summed E-state index contributed by atoms with van der Waals surface area (Å²) in [5.74, 6) is -0.369. The van der Waals surface area contributed by atoms with E-state index in [0.29, 0.717) is 25.3 Å². The zero-order valence-electron chi connectivity index (χ0n) is 19.3. The summed E-state index contributed by atoms with van der Waals surface area (Å²) in [7, 11) is 0. The quantitative estimate of drug-likeness (QED) is 0.566. The van der Waals surface area contributed by atoms with E-state index < -0.39 is 11.9 Å². The Labute approximate surface area is 196 Å². The fraction of sp³-hybridized carbons (Fsp3) is 0.375. The van der Waals surface area contributed by atoms with Crippen LogP contribution in [0.1, 0.15) is 30.7 Å². The van der Waals surface area contributed by atoms with Crippen molar-refractivity contribution >= 4 is 11.6 Å². The smallest absolute Gasteiger partial charge is 0.369 e. The number of nitrogens with zero attached hydrogens (tertiary/aromatic N) is 4. The van der Waals surface area contributed by atoms with Gasteiger partial charge in [0.15, 0.2) is 0 Å². The first-order chi connectivity index (χ1) is 16.3. The lowest BCUT2D eigenvalue weighted by Crippen LogP contribution is -2.46. The summed E-state index contributed by atoms with van der Waals surface area (Å²) in [5.41, 5.74) is 8.86. The SMILES string of the molecule is CC.NC(=O)Cc1ccc(-c2[nH]ncc2CN2CCN(c3ccc(C(F)(F)F)nc3)CC2)cc1. The number of H-pyrrole nitrogens is 1. The Morgan fingerprint density at radius 3 is 2.26 bits per heavy atom. The number of nitrogens with two attached hydrogens (primary N) is 1. The van der Waals surface area contributed by atoms with Gasteiger partial charge in [0.05, 0.1) is 30.2 Å². The van der Waals surface area contributed by atoms with E-state index in [2.05, 4.69) is 20.1 Å². The Balaban J connectivity index is 0.00000158. The van der Waals surface area contributed by atoms with Gasteiger partial charge in [-0.3, -0.25) is 14.8 Å². The average molecular weight is 475 g/mol. The maximum Gasteiger partial charge on any atom is 0.433 e. The minimum absolute atomic E-state index is 0.203. The first kappa shape index (κ1) is 25.2. The van der Waals surface area contributed by atoms with Gasteiger partial charge >= 0.3 is 6.18 Å². The van der Waals surface area contributed by atoms with E-state index in [1.54, 1.807) is 6.20 Å². The molecule has 1 amide bonds. The number of nitrogens with one attached hydrogen (secondary N) is 1. The highest BCUT2D eigenvalue weighted by molar-refractivity contribution is 5.77. The highest BCUT2D eigenvalue weighted by Crippen LogP contribution is 2.29. The molecular formula is C24H29F3N6O. The molecule has 7 nitrogen and oxygen atoms in total. The lowest BCUT2D eigenvalue weighted by atomic mass is 10.0. The first-order valence-electron chi connectivity index (χ1n) is 11.2. The molecule has 0 bridgehead atoms. The van der Waals surface area contributed by atoms with Gasteiger partial charge in [0.2, 0.25) is 5.91 Å². The predicted molar refractivity (Wildman–Crippen MR) is 125 cm³/mol. The van der Waals surface area contributed by atoms with Crippen LogP contribution < -0.4 is 10.6 Å². The van der Waals surface area contributed by atoms with Crippen LogP contribution >= 0.6 is 0 Å². The largest absolute Gasteiger partial charge is 0.433 e. The Bertz CT molecular complexity index is 1060. The van der Waals surface area contributed by atoms with E-state index in [1.165, 1.54) is 12.3 Å². The molecule has 10 heteroatoms. The number of aromatic nitrogens is 3. The van der Waals surface area contributed by atoms with Crippen LogP contribution in [0.3, 0.4) is 0 Å². The number of primary amides is 1. The molecule has 0 radical (unpaired) electrons. The number of benzene rings is 1. The number of aromatic amines is 1. The number of hydrogen-bond donors (Lipinski definition) is 2. The zero-order valence-corrected chi connectivity index (χ0v) is 19.3. The third kappa shape index (κ3) is 6.34. The number of pyridine rings is 1.